The minimum Gasteiger partial charge on any atom is -0.494 e. The number of fused-ring (bicyclic) bond motifs is 1. The lowest BCUT2D eigenvalue weighted by Gasteiger charge is -2.18. The van der Waals surface area contributed by atoms with Gasteiger partial charge >= 0.3 is 0 Å². The van der Waals surface area contributed by atoms with Crippen LogP contribution in [-0.4, -0.2) is 6.61 Å². The molecule has 0 saturated carbocycles. The largest absolute Gasteiger partial charge is 0.494 e. The molecule has 0 amide bonds. The van der Waals surface area contributed by atoms with Gasteiger partial charge in [-0.1, -0.05) is 43.7 Å². The van der Waals surface area contributed by atoms with Crippen molar-refractivity contribution in [3.8, 4) is 5.75 Å². The standard InChI is InChI=1S/C16H21NO.ClH/c1-3-7-14(17)16-13-9-6-5-8-12(13)10-11-15(16)18-4-2;/h5-6,8-11,14H,3-4,7,17H2,1-2H3;1H/t14-;/m1./s1. The Morgan fingerprint density at radius 1 is 1.11 bits per heavy atom. The Balaban J connectivity index is 0.00000180. The third-order valence-corrected chi connectivity index (χ3v) is 3.20. The van der Waals surface area contributed by atoms with Gasteiger partial charge in [0.25, 0.3) is 0 Å². The van der Waals surface area contributed by atoms with Crippen LogP contribution >= 0.6 is 12.4 Å². The topological polar surface area (TPSA) is 35.2 Å². The van der Waals surface area contributed by atoms with Crippen molar-refractivity contribution < 1.29 is 4.74 Å². The second-order valence-corrected chi connectivity index (χ2v) is 4.53. The quantitative estimate of drug-likeness (QED) is 0.877. The van der Waals surface area contributed by atoms with Crippen molar-refractivity contribution in [2.24, 2.45) is 5.73 Å². The third kappa shape index (κ3) is 3.40. The fourth-order valence-corrected chi connectivity index (χ4v) is 2.39. The number of ether oxygens (including phenoxy) is 1. The van der Waals surface area contributed by atoms with Gasteiger partial charge < -0.3 is 10.5 Å². The van der Waals surface area contributed by atoms with Gasteiger partial charge in [0.15, 0.2) is 0 Å². The van der Waals surface area contributed by atoms with E-state index in [9.17, 15) is 0 Å². The van der Waals surface area contributed by atoms with Gasteiger partial charge in [-0.05, 0) is 30.2 Å². The molecule has 2 aromatic carbocycles. The molecule has 104 valence electrons. The molecular weight excluding hydrogens is 258 g/mol. The van der Waals surface area contributed by atoms with E-state index >= 15 is 0 Å². The van der Waals surface area contributed by atoms with Gasteiger partial charge in [0.2, 0.25) is 0 Å². The first-order valence-corrected chi connectivity index (χ1v) is 6.68. The van der Waals surface area contributed by atoms with E-state index in [1.807, 2.05) is 13.0 Å². The van der Waals surface area contributed by atoms with Gasteiger partial charge in [0, 0.05) is 11.6 Å². The Morgan fingerprint density at radius 2 is 1.84 bits per heavy atom. The maximum Gasteiger partial charge on any atom is 0.124 e. The van der Waals surface area contributed by atoms with E-state index < -0.39 is 0 Å². The maximum absolute atomic E-state index is 6.32. The zero-order valence-electron chi connectivity index (χ0n) is 11.6. The Bertz CT molecular complexity index is 527. The van der Waals surface area contributed by atoms with Gasteiger partial charge in [-0.2, -0.15) is 0 Å². The van der Waals surface area contributed by atoms with Crippen molar-refractivity contribution >= 4 is 23.2 Å². The summed E-state index contributed by atoms with van der Waals surface area (Å²) in [6.07, 6.45) is 2.06. The first-order valence-electron chi connectivity index (χ1n) is 6.68. The molecule has 0 spiro atoms. The number of rotatable bonds is 5. The van der Waals surface area contributed by atoms with Crippen LogP contribution in [0.4, 0.5) is 0 Å². The summed E-state index contributed by atoms with van der Waals surface area (Å²) in [5.74, 6) is 0.928. The lowest BCUT2D eigenvalue weighted by atomic mass is 9.95. The van der Waals surface area contributed by atoms with E-state index in [-0.39, 0.29) is 18.4 Å². The lowest BCUT2D eigenvalue weighted by Crippen LogP contribution is -2.12. The van der Waals surface area contributed by atoms with Crippen LogP contribution in [0.2, 0.25) is 0 Å². The highest BCUT2D eigenvalue weighted by molar-refractivity contribution is 5.88. The molecule has 0 fully saturated rings. The van der Waals surface area contributed by atoms with E-state index in [1.165, 1.54) is 10.8 Å². The summed E-state index contributed by atoms with van der Waals surface area (Å²) in [5.41, 5.74) is 7.47. The highest BCUT2D eigenvalue weighted by Crippen LogP contribution is 2.33. The molecule has 2 N–H and O–H groups in total. The summed E-state index contributed by atoms with van der Waals surface area (Å²) in [7, 11) is 0. The monoisotopic (exact) mass is 279 g/mol. The predicted octanol–water partition coefficient (Wildman–Crippen LogP) is 4.46. The fourth-order valence-electron chi connectivity index (χ4n) is 2.39. The molecule has 0 aliphatic heterocycles. The number of hydrogen-bond donors (Lipinski definition) is 1. The van der Waals surface area contributed by atoms with Gasteiger partial charge in [-0.15, -0.1) is 12.4 Å². The SMILES string of the molecule is CCC[C@@H](N)c1c(OCC)ccc2ccccc12.Cl. The van der Waals surface area contributed by atoms with Gasteiger partial charge in [-0.3, -0.25) is 0 Å². The first kappa shape index (κ1) is 15.8. The summed E-state index contributed by atoms with van der Waals surface area (Å²) in [6.45, 7) is 4.83. The van der Waals surface area contributed by atoms with E-state index in [0.29, 0.717) is 6.61 Å². The molecule has 0 saturated heterocycles. The average molecular weight is 280 g/mol. The van der Waals surface area contributed by atoms with Crippen LogP contribution in [0.5, 0.6) is 5.75 Å². The molecule has 0 aliphatic carbocycles. The van der Waals surface area contributed by atoms with Gasteiger partial charge in [-0.25, -0.2) is 0 Å². The van der Waals surface area contributed by atoms with Crippen LogP contribution in [0.1, 0.15) is 38.3 Å². The molecule has 1 atom stereocenters. The van der Waals surface area contributed by atoms with Gasteiger partial charge in [0.1, 0.15) is 5.75 Å². The van der Waals surface area contributed by atoms with Crippen LogP contribution in [0.3, 0.4) is 0 Å². The Morgan fingerprint density at radius 3 is 2.53 bits per heavy atom. The van der Waals surface area contributed by atoms with Crippen LogP contribution < -0.4 is 10.5 Å². The normalized spacial score (nSPS) is 11.9. The van der Waals surface area contributed by atoms with Crippen molar-refractivity contribution in [1.29, 1.82) is 0 Å². The minimum absolute atomic E-state index is 0. The fraction of sp³-hybridized carbons (Fsp3) is 0.375. The average Bonchev–Trinajstić information content (AvgIpc) is 2.39. The molecule has 2 nitrogen and oxygen atoms in total. The summed E-state index contributed by atoms with van der Waals surface area (Å²) in [6, 6.07) is 12.5. The smallest absolute Gasteiger partial charge is 0.124 e. The molecule has 0 aliphatic rings. The number of benzene rings is 2. The summed E-state index contributed by atoms with van der Waals surface area (Å²) < 4.78 is 5.73. The number of hydrogen-bond acceptors (Lipinski definition) is 2. The number of halogens is 1. The zero-order chi connectivity index (χ0) is 13.0. The van der Waals surface area contributed by atoms with E-state index in [0.717, 1.165) is 24.2 Å². The van der Waals surface area contributed by atoms with E-state index in [4.69, 9.17) is 10.5 Å². The van der Waals surface area contributed by atoms with Gasteiger partial charge in [0.05, 0.1) is 6.61 Å². The van der Waals surface area contributed by atoms with Crippen LogP contribution in [0.15, 0.2) is 36.4 Å². The van der Waals surface area contributed by atoms with Crippen molar-refractivity contribution in [3.63, 3.8) is 0 Å². The molecule has 0 aromatic heterocycles. The molecule has 0 bridgehead atoms. The number of nitrogens with two attached hydrogens (primary N) is 1. The molecular formula is C16H22ClNO. The zero-order valence-corrected chi connectivity index (χ0v) is 12.4. The van der Waals surface area contributed by atoms with Crippen LogP contribution in [0, 0.1) is 0 Å². The molecule has 3 heteroatoms. The summed E-state index contributed by atoms with van der Waals surface area (Å²) in [5, 5.41) is 2.44. The van der Waals surface area contributed by atoms with Crippen molar-refractivity contribution in [2.45, 2.75) is 32.7 Å². The van der Waals surface area contributed by atoms with Crippen molar-refractivity contribution in [3.05, 3.63) is 42.0 Å². The first-order chi connectivity index (χ1) is 8.77. The Labute approximate surface area is 121 Å². The second kappa shape index (κ2) is 7.37. The van der Waals surface area contributed by atoms with E-state index in [2.05, 4.69) is 37.3 Å². The Kier molecular flexibility index (Phi) is 6.13. The molecule has 0 heterocycles. The maximum atomic E-state index is 6.32. The minimum atomic E-state index is 0. The Hall–Kier alpha value is -1.25. The molecule has 19 heavy (non-hydrogen) atoms. The van der Waals surface area contributed by atoms with Crippen molar-refractivity contribution in [1.82, 2.24) is 0 Å². The van der Waals surface area contributed by atoms with Crippen molar-refractivity contribution in [2.75, 3.05) is 6.61 Å². The second-order valence-electron chi connectivity index (χ2n) is 4.53. The lowest BCUT2D eigenvalue weighted by molar-refractivity contribution is 0.334. The van der Waals surface area contributed by atoms with Crippen LogP contribution in [-0.2, 0) is 0 Å². The highest BCUT2D eigenvalue weighted by Gasteiger charge is 2.15. The molecule has 2 aromatic rings. The van der Waals surface area contributed by atoms with Crippen LogP contribution in [0.25, 0.3) is 10.8 Å². The third-order valence-electron chi connectivity index (χ3n) is 3.20. The molecule has 0 radical (unpaired) electrons. The predicted molar refractivity (Wildman–Crippen MR) is 84.2 cm³/mol. The summed E-state index contributed by atoms with van der Waals surface area (Å²) >= 11 is 0. The molecule has 0 unspecified atom stereocenters. The van der Waals surface area contributed by atoms with E-state index in [1.54, 1.807) is 0 Å². The molecule has 2 rings (SSSR count). The summed E-state index contributed by atoms with van der Waals surface area (Å²) in [4.78, 5) is 0. The highest BCUT2D eigenvalue weighted by atomic mass is 35.5.